The lowest BCUT2D eigenvalue weighted by molar-refractivity contribution is 0.0480. The highest BCUT2D eigenvalue weighted by Crippen LogP contribution is 2.28. The molecule has 2 heterocycles. The normalized spacial score (nSPS) is 12.1. The Balaban J connectivity index is 0.000000295. The lowest BCUT2D eigenvalue weighted by Crippen LogP contribution is -2.42. The quantitative estimate of drug-likeness (QED) is 0.138. The van der Waals surface area contributed by atoms with Gasteiger partial charge >= 0.3 is 6.09 Å². The van der Waals surface area contributed by atoms with Crippen LogP contribution in [-0.2, 0) is 4.74 Å². The van der Waals surface area contributed by atoms with Gasteiger partial charge in [0, 0.05) is 17.2 Å². The summed E-state index contributed by atoms with van der Waals surface area (Å²) in [4.78, 5) is 12.2. The molecule has 0 aliphatic heterocycles. The number of hydrogen-bond acceptors (Lipinski definition) is 11. The van der Waals surface area contributed by atoms with Crippen LogP contribution in [0.3, 0.4) is 0 Å². The summed E-state index contributed by atoms with van der Waals surface area (Å²) in [7, 11) is 0. The number of carbonyl (C=O) groups excluding carboxylic acids is 1. The van der Waals surface area contributed by atoms with Crippen molar-refractivity contribution in [3.63, 3.8) is 0 Å². The number of ether oxygens (including phenoxy) is 3. The monoisotopic (exact) mass is 720 g/mol. The topological polar surface area (TPSA) is 182 Å². The first kappa shape index (κ1) is 41.8. The van der Waals surface area contributed by atoms with Crippen molar-refractivity contribution >= 4 is 6.09 Å². The van der Waals surface area contributed by atoms with Crippen molar-refractivity contribution < 1.29 is 19.0 Å². The molecule has 1 amide bonds. The first-order chi connectivity index (χ1) is 25.1. The lowest BCUT2D eigenvalue weighted by Gasteiger charge is -2.25. The van der Waals surface area contributed by atoms with Crippen molar-refractivity contribution in [2.45, 2.75) is 92.8 Å². The summed E-state index contributed by atoms with van der Waals surface area (Å²) in [6.07, 6.45) is 4.48. The molecule has 0 spiro atoms. The number of nitrogens with two attached hydrogens (primary N) is 1. The van der Waals surface area contributed by atoms with E-state index in [4.69, 9.17) is 19.9 Å². The number of amides is 1. The van der Waals surface area contributed by atoms with Gasteiger partial charge in [0.15, 0.2) is 0 Å². The summed E-state index contributed by atoms with van der Waals surface area (Å²) in [5, 5.41) is 37.6. The summed E-state index contributed by atoms with van der Waals surface area (Å²) in [5.74, 6) is 1.91. The average molecular weight is 721 g/mol. The van der Waals surface area contributed by atoms with Crippen molar-refractivity contribution in [3.8, 4) is 45.9 Å². The third-order valence-electron chi connectivity index (χ3n) is 7.56. The number of nitriles is 2. The van der Waals surface area contributed by atoms with E-state index in [0.29, 0.717) is 41.1 Å². The molecule has 0 aliphatic rings. The second-order valence-corrected chi connectivity index (χ2v) is 14.8. The standard InChI is InChI=1S/C23H30N4O3.C18H22N4O/c1-15(2)9-20(26-22(28)30-23(4,5)6)14-29-21-8-7-17(11-18(21)12-24)19-10-16(3)27-25-13-19;1-12(2)6-17(20)11-23-18-5-4-14(8-15(18)9-19)16-7-13(3)22-21-10-16/h7-8,10-11,13,15,20H,9,14H2,1-6H3,(H,26,28);4-5,7-8,10,12,17H,6,11,20H2,1-3H3/t20-;17-/m00/s1. The fraction of sp³-hybridized carbons (Fsp3) is 0.439. The van der Waals surface area contributed by atoms with Gasteiger partial charge in [0.2, 0.25) is 0 Å². The second kappa shape index (κ2) is 19.9. The summed E-state index contributed by atoms with van der Waals surface area (Å²) in [5.41, 5.74) is 11.6. The molecule has 4 rings (SSSR count). The van der Waals surface area contributed by atoms with Crippen molar-refractivity contribution in [2.75, 3.05) is 13.2 Å². The van der Waals surface area contributed by atoms with Gasteiger partial charge in [0.1, 0.15) is 42.5 Å². The third kappa shape index (κ3) is 14.5. The van der Waals surface area contributed by atoms with E-state index < -0.39 is 11.7 Å². The van der Waals surface area contributed by atoms with Gasteiger partial charge < -0.3 is 25.3 Å². The van der Waals surface area contributed by atoms with Crippen LogP contribution in [0.15, 0.2) is 60.9 Å². The molecule has 12 nitrogen and oxygen atoms in total. The van der Waals surface area contributed by atoms with Crippen molar-refractivity contribution in [2.24, 2.45) is 17.6 Å². The van der Waals surface area contributed by atoms with Crippen LogP contribution in [-0.4, -0.2) is 57.4 Å². The van der Waals surface area contributed by atoms with Crippen LogP contribution in [0.4, 0.5) is 4.79 Å². The Morgan fingerprint density at radius 1 is 0.755 bits per heavy atom. The zero-order valence-corrected chi connectivity index (χ0v) is 32.3. The Labute approximate surface area is 313 Å². The number of aryl methyl sites for hydroxylation is 2. The van der Waals surface area contributed by atoms with Crippen LogP contribution in [0, 0.1) is 48.3 Å². The highest BCUT2D eigenvalue weighted by molar-refractivity contribution is 5.69. The molecule has 2 atom stereocenters. The summed E-state index contributed by atoms with van der Waals surface area (Å²) >= 11 is 0. The van der Waals surface area contributed by atoms with Crippen molar-refractivity contribution in [3.05, 3.63) is 83.4 Å². The molecule has 12 heteroatoms. The molecule has 0 saturated heterocycles. The van der Waals surface area contributed by atoms with Gasteiger partial charge in [-0.15, -0.1) is 0 Å². The number of alkyl carbamates (subject to hydrolysis) is 1. The van der Waals surface area contributed by atoms with Gasteiger partial charge in [-0.2, -0.15) is 30.9 Å². The van der Waals surface area contributed by atoms with E-state index >= 15 is 0 Å². The van der Waals surface area contributed by atoms with E-state index in [1.54, 1.807) is 30.6 Å². The number of rotatable bonds is 13. The molecule has 0 saturated carbocycles. The number of nitrogens with zero attached hydrogens (tertiary/aromatic N) is 6. The SMILES string of the molecule is Cc1cc(-c2ccc(OC[C@@H](N)CC(C)C)c(C#N)c2)cnn1.Cc1cc(-c2ccc(OC[C@H](CC(C)C)NC(=O)OC(C)(C)C)c(C#N)c2)cnn1. The maximum absolute atomic E-state index is 12.2. The van der Waals surface area contributed by atoms with E-state index in [0.717, 1.165) is 46.5 Å². The molecule has 4 aromatic rings. The van der Waals surface area contributed by atoms with Crippen LogP contribution >= 0.6 is 0 Å². The van der Waals surface area contributed by atoms with E-state index in [9.17, 15) is 15.3 Å². The first-order valence-corrected chi connectivity index (χ1v) is 17.7. The number of benzene rings is 2. The molecule has 3 N–H and O–H groups in total. The van der Waals surface area contributed by atoms with Crippen LogP contribution in [0.25, 0.3) is 22.3 Å². The Kier molecular flexibility index (Phi) is 15.7. The maximum atomic E-state index is 12.2. The Morgan fingerprint density at radius 2 is 1.23 bits per heavy atom. The summed E-state index contributed by atoms with van der Waals surface area (Å²) in [6, 6.07) is 18.9. The van der Waals surface area contributed by atoms with E-state index in [2.05, 4.69) is 65.5 Å². The van der Waals surface area contributed by atoms with Gasteiger partial charge in [-0.05, 0) is 107 Å². The van der Waals surface area contributed by atoms with Gasteiger partial charge in [0.05, 0.1) is 41.0 Å². The molecule has 2 aromatic heterocycles. The predicted molar refractivity (Wildman–Crippen MR) is 205 cm³/mol. The minimum Gasteiger partial charge on any atom is -0.491 e. The fourth-order valence-corrected chi connectivity index (χ4v) is 5.38. The largest absolute Gasteiger partial charge is 0.491 e. The minimum absolute atomic E-state index is 0.0340. The van der Waals surface area contributed by atoms with Crippen LogP contribution in [0.5, 0.6) is 11.5 Å². The second-order valence-electron chi connectivity index (χ2n) is 14.8. The molecule has 0 radical (unpaired) electrons. The number of carbonyl (C=O) groups is 1. The summed E-state index contributed by atoms with van der Waals surface area (Å²) in [6.45, 7) is 18.3. The van der Waals surface area contributed by atoms with Crippen LogP contribution in [0.2, 0.25) is 0 Å². The maximum Gasteiger partial charge on any atom is 0.407 e. The molecule has 53 heavy (non-hydrogen) atoms. The first-order valence-electron chi connectivity index (χ1n) is 17.7. The smallest absolute Gasteiger partial charge is 0.407 e. The number of hydrogen-bond donors (Lipinski definition) is 2. The zero-order valence-electron chi connectivity index (χ0n) is 32.3. The Bertz CT molecular complexity index is 1890. The molecule has 280 valence electrons. The van der Waals surface area contributed by atoms with E-state index in [-0.39, 0.29) is 18.7 Å². The lowest BCUT2D eigenvalue weighted by atomic mass is 10.0. The highest BCUT2D eigenvalue weighted by atomic mass is 16.6. The van der Waals surface area contributed by atoms with Crippen LogP contribution < -0.4 is 20.5 Å². The fourth-order valence-electron chi connectivity index (χ4n) is 5.38. The Hall–Kier alpha value is -5.59. The van der Waals surface area contributed by atoms with E-state index in [1.807, 2.05) is 65.0 Å². The van der Waals surface area contributed by atoms with Gasteiger partial charge in [0.25, 0.3) is 0 Å². The average Bonchev–Trinajstić information content (AvgIpc) is 3.08. The van der Waals surface area contributed by atoms with Crippen molar-refractivity contribution in [1.29, 1.82) is 10.5 Å². The highest BCUT2D eigenvalue weighted by Gasteiger charge is 2.21. The van der Waals surface area contributed by atoms with Gasteiger partial charge in [-0.25, -0.2) is 4.79 Å². The van der Waals surface area contributed by atoms with Gasteiger partial charge in [-0.3, -0.25) is 0 Å². The summed E-state index contributed by atoms with van der Waals surface area (Å²) < 4.78 is 17.0. The number of nitrogens with one attached hydrogen (secondary N) is 1. The molecule has 2 aromatic carbocycles. The molecule has 0 aliphatic carbocycles. The van der Waals surface area contributed by atoms with Gasteiger partial charge in [-0.1, -0.05) is 39.8 Å². The van der Waals surface area contributed by atoms with E-state index in [1.165, 1.54) is 0 Å². The molecular weight excluding hydrogens is 669 g/mol. The molecule has 0 unspecified atom stereocenters. The predicted octanol–water partition coefficient (Wildman–Crippen LogP) is 7.72. The van der Waals surface area contributed by atoms with Crippen LogP contribution in [0.1, 0.15) is 83.8 Å². The zero-order chi connectivity index (χ0) is 39.1. The molecule has 0 fully saturated rings. The minimum atomic E-state index is -0.572. The third-order valence-corrected chi connectivity index (χ3v) is 7.56. The van der Waals surface area contributed by atoms with Crippen molar-refractivity contribution in [1.82, 2.24) is 25.7 Å². The molecular formula is C41H52N8O4. The number of aromatic nitrogens is 4. The molecule has 0 bridgehead atoms. The Morgan fingerprint density at radius 3 is 1.64 bits per heavy atom.